The first-order valence-corrected chi connectivity index (χ1v) is 11.3. The molecule has 1 aromatic carbocycles. The topological polar surface area (TPSA) is 91.6 Å². The molecule has 0 aliphatic heterocycles. The number of benzene rings is 1. The summed E-state index contributed by atoms with van der Waals surface area (Å²) in [5.41, 5.74) is 0.778. The Morgan fingerprint density at radius 2 is 1.91 bits per heavy atom. The summed E-state index contributed by atoms with van der Waals surface area (Å²) in [5.74, 6) is 5.42. The van der Waals surface area contributed by atoms with Crippen molar-refractivity contribution in [3.8, 4) is 17.6 Å². The fourth-order valence-corrected chi connectivity index (χ4v) is 3.32. The minimum Gasteiger partial charge on any atom is -0.550 e. The van der Waals surface area contributed by atoms with Gasteiger partial charge in [-0.3, -0.25) is 4.79 Å². The fraction of sp³-hybridized carbons (Fsp3) is 0.462. The third-order valence-corrected chi connectivity index (χ3v) is 4.78. The van der Waals surface area contributed by atoms with Crippen LogP contribution in [0.15, 0.2) is 40.8 Å². The zero-order chi connectivity index (χ0) is 24.3. The molecule has 0 unspecified atom stereocenters. The van der Waals surface area contributed by atoms with Crippen LogP contribution in [-0.2, 0) is 4.79 Å². The lowest BCUT2D eigenvalue weighted by Crippen LogP contribution is -2.50. The number of carbonyl (C=O) groups is 2. The van der Waals surface area contributed by atoms with Crippen molar-refractivity contribution >= 4 is 11.9 Å². The number of aliphatic carboxylic acids is 1. The van der Waals surface area contributed by atoms with Gasteiger partial charge in [-0.2, -0.15) is 0 Å². The van der Waals surface area contributed by atoms with Crippen LogP contribution in [0, 0.1) is 11.8 Å². The van der Waals surface area contributed by atoms with Gasteiger partial charge in [0, 0.05) is 18.0 Å². The van der Waals surface area contributed by atoms with Gasteiger partial charge in [0.05, 0.1) is 40.3 Å². The Bertz CT molecular complexity index is 978. The summed E-state index contributed by atoms with van der Waals surface area (Å²) >= 11 is 0. The Morgan fingerprint density at radius 1 is 1.12 bits per heavy atom. The summed E-state index contributed by atoms with van der Waals surface area (Å²) < 4.78 is 11.8. The van der Waals surface area contributed by atoms with E-state index in [1.54, 1.807) is 6.07 Å². The second kappa shape index (κ2) is 12.7. The van der Waals surface area contributed by atoms with Gasteiger partial charge >= 0.3 is 0 Å². The van der Waals surface area contributed by atoms with Crippen molar-refractivity contribution in [2.24, 2.45) is 0 Å². The van der Waals surface area contributed by atoms with E-state index < -0.39 is 17.9 Å². The van der Waals surface area contributed by atoms with Crippen molar-refractivity contribution in [3.63, 3.8) is 0 Å². The monoisotopic (exact) mass is 454 g/mol. The molecule has 1 N–H and O–H groups in total. The Hall–Kier alpha value is -3.24. The highest BCUT2D eigenvalue weighted by molar-refractivity contribution is 5.92. The lowest BCUT2D eigenvalue weighted by atomic mass is 10.2. The number of rotatable bonds is 12. The lowest BCUT2D eigenvalue weighted by molar-refractivity contribution is -0.871. The summed E-state index contributed by atoms with van der Waals surface area (Å²) in [7, 11) is 5.75. The molecule has 0 fully saturated rings. The quantitative estimate of drug-likeness (QED) is 0.302. The molecule has 0 spiro atoms. The summed E-state index contributed by atoms with van der Waals surface area (Å²) in [6, 6.07) is 10.1. The van der Waals surface area contributed by atoms with Gasteiger partial charge in [-0.15, -0.1) is 0 Å². The molecule has 2 rings (SSSR count). The Morgan fingerprint density at radius 3 is 2.61 bits per heavy atom. The van der Waals surface area contributed by atoms with Gasteiger partial charge in [-0.25, -0.2) is 0 Å². The number of nitrogens with one attached hydrogen (secondary N) is 1. The van der Waals surface area contributed by atoms with Crippen LogP contribution in [0.5, 0.6) is 5.75 Å². The molecule has 178 valence electrons. The summed E-state index contributed by atoms with van der Waals surface area (Å²) in [6.07, 6.45) is 4.32. The highest BCUT2D eigenvalue weighted by Gasteiger charge is 2.22. The van der Waals surface area contributed by atoms with E-state index >= 15 is 0 Å². The molecule has 1 heterocycles. The molecule has 0 bridgehead atoms. The van der Waals surface area contributed by atoms with Crippen LogP contribution in [-0.4, -0.2) is 56.7 Å². The first-order valence-electron chi connectivity index (χ1n) is 11.3. The minimum absolute atomic E-state index is 0.0771. The number of quaternary nitrogens is 1. The number of furan rings is 1. The standard InChI is InChI=1S/C26H34N2O5/c1-5-6-7-8-16-32-23-11-9-10-20(17-23)12-13-22-14-15-24(33-22)26(31)27-21(18-25(29)30)19-28(2,3)4/h9-11,14-15,17,21H,5-8,16,18-19H2,1-4H3,(H-,27,29,30,31)/t21-/m1/s1. The molecule has 1 amide bonds. The van der Waals surface area contributed by atoms with Crippen molar-refractivity contribution in [2.45, 2.75) is 45.1 Å². The van der Waals surface area contributed by atoms with E-state index in [1.165, 1.54) is 18.9 Å². The van der Waals surface area contributed by atoms with E-state index in [1.807, 2.05) is 45.4 Å². The third kappa shape index (κ3) is 10.3. The van der Waals surface area contributed by atoms with Crippen molar-refractivity contribution < 1.29 is 28.3 Å². The van der Waals surface area contributed by atoms with Crippen LogP contribution in [0.3, 0.4) is 0 Å². The molecule has 0 aliphatic carbocycles. The van der Waals surface area contributed by atoms with Crippen molar-refractivity contribution in [2.75, 3.05) is 34.3 Å². The fourth-order valence-electron chi connectivity index (χ4n) is 3.32. The lowest BCUT2D eigenvalue weighted by Gasteiger charge is -2.29. The number of ether oxygens (including phenoxy) is 1. The SMILES string of the molecule is CCCCCCOc1cccc(C#Cc2ccc(C(=O)N[C@H](CC(=O)[O-])C[N+](C)(C)C)o2)c1. The molecular formula is C26H34N2O5. The van der Waals surface area contributed by atoms with Gasteiger partial charge in [-0.05, 0) is 42.7 Å². The van der Waals surface area contributed by atoms with Gasteiger partial charge in [0.1, 0.15) is 5.75 Å². The van der Waals surface area contributed by atoms with Crippen molar-refractivity contribution in [1.82, 2.24) is 5.32 Å². The molecule has 1 aromatic heterocycles. The van der Waals surface area contributed by atoms with Crippen LogP contribution in [0.2, 0.25) is 0 Å². The first kappa shape index (κ1) is 26.0. The van der Waals surface area contributed by atoms with E-state index in [9.17, 15) is 14.7 Å². The van der Waals surface area contributed by atoms with Gasteiger partial charge in [-0.1, -0.05) is 38.2 Å². The number of amides is 1. The van der Waals surface area contributed by atoms with E-state index in [0.717, 1.165) is 24.2 Å². The zero-order valence-electron chi connectivity index (χ0n) is 20.0. The molecule has 1 atom stereocenters. The number of nitrogens with zero attached hydrogens (tertiary/aromatic N) is 1. The van der Waals surface area contributed by atoms with Crippen molar-refractivity contribution in [1.29, 1.82) is 0 Å². The average molecular weight is 455 g/mol. The molecule has 7 heteroatoms. The van der Waals surface area contributed by atoms with Crippen molar-refractivity contribution in [3.05, 3.63) is 53.5 Å². The summed E-state index contributed by atoms with van der Waals surface area (Å²) in [4.78, 5) is 23.6. The molecule has 0 saturated carbocycles. The Kier molecular flexibility index (Phi) is 10.0. The predicted molar refractivity (Wildman–Crippen MR) is 125 cm³/mol. The van der Waals surface area contributed by atoms with E-state index in [4.69, 9.17) is 9.15 Å². The van der Waals surface area contributed by atoms with Crippen LogP contribution in [0.4, 0.5) is 0 Å². The van der Waals surface area contributed by atoms with E-state index in [0.29, 0.717) is 23.4 Å². The zero-order valence-corrected chi connectivity index (χ0v) is 20.0. The number of carboxylic acids is 1. The number of carboxylic acid groups (broad SMARTS) is 1. The molecule has 33 heavy (non-hydrogen) atoms. The van der Waals surface area contributed by atoms with Gasteiger partial charge in [0.25, 0.3) is 5.91 Å². The van der Waals surface area contributed by atoms with Crippen LogP contribution >= 0.6 is 0 Å². The Labute approximate surface area is 196 Å². The smallest absolute Gasteiger partial charge is 0.287 e. The van der Waals surface area contributed by atoms with E-state index in [-0.39, 0.29) is 12.2 Å². The van der Waals surface area contributed by atoms with Crippen LogP contribution in [0.25, 0.3) is 0 Å². The molecule has 0 radical (unpaired) electrons. The van der Waals surface area contributed by atoms with Crippen LogP contribution in [0.1, 0.15) is 60.9 Å². The molecule has 0 saturated heterocycles. The van der Waals surface area contributed by atoms with Gasteiger partial charge in [0.15, 0.2) is 11.5 Å². The molecule has 0 aliphatic rings. The number of hydrogen-bond donors (Lipinski definition) is 1. The minimum atomic E-state index is -1.22. The average Bonchev–Trinajstić information content (AvgIpc) is 3.20. The predicted octanol–water partition coefficient (Wildman–Crippen LogP) is 2.58. The number of carbonyl (C=O) groups excluding carboxylic acids is 2. The maximum absolute atomic E-state index is 12.5. The maximum Gasteiger partial charge on any atom is 0.287 e. The summed E-state index contributed by atoms with van der Waals surface area (Å²) in [6.45, 7) is 3.29. The van der Waals surface area contributed by atoms with Gasteiger partial charge in [0.2, 0.25) is 0 Å². The first-order chi connectivity index (χ1) is 15.7. The van der Waals surface area contributed by atoms with Crippen LogP contribution < -0.4 is 15.2 Å². The normalized spacial score (nSPS) is 11.9. The third-order valence-electron chi connectivity index (χ3n) is 4.78. The second-order valence-corrected chi connectivity index (χ2v) is 9.07. The van der Waals surface area contributed by atoms with E-state index in [2.05, 4.69) is 24.1 Å². The van der Waals surface area contributed by atoms with Gasteiger partial charge < -0.3 is 28.9 Å². The summed E-state index contributed by atoms with van der Waals surface area (Å²) in [5, 5.41) is 13.8. The number of likely N-dealkylation sites (N-methyl/N-ethyl adjacent to an activating group) is 1. The second-order valence-electron chi connectivity index (χ2n) is 9.07. The molecule has 7 nitrogen and oxygen atoms in total. The number of unbranched alkanes of at least 4 members (excludes halogenated alkanes) is 3. The molecular weight excluding hydrogens is 420 g/mol. The number of hydrogen-bond acceptors (Lipinski definition) is 5. The Balaban J connectivity index is 1.98. The largest absolute Gasteiger partial charge is 0.550 e. The highest BCUT2D eigenvalue weighted by atomic mass is 16.5. The maximum atomic E-state index is 12.5. The molecule has 2 aromatic rings. The highest BCUT2D eigenvalue weighted by Crippen LogP contribution is 2.14.